The van der Waals surface area contributed by atoms with Crippen molar-refractivity contribution in [3.63, 3.8) is 0 Å². The fourth-order valence-electron chi connectivity index (χ4n) is 2.51. The minimum absolute atomic E-state index is 0.114. The SMILES string of the molecule is CBr.O=C1CC2CNCCN2c2ccccc2N1. The predicted molar refractivity (Wildman–Crippen MR) is 78.5 cm³/mol. The molecule has 0 aromatic heterocycles. The smallest absolute Gasteiger partial charge is 0.226 e. The monoisotopic (exact) mass is 311 g/mol. The lowest BCUT2D eigenvalue weighted by Gasteiger charge is -2.36. The molecule has 0 spiro atoms. The summed E-state index contributed by atoms with van der Waals surface area (Å²) in [5.74, 6) is 1.93. The summed E-state index contributed by atoms with van der Waals surface area (Å²) in [5.41, 5.74) is 2.09. The summed E-state index contributed by atoms with van der Waals surface area (Å²) in [6.45, 7) is 2.84. The van der Waals surface area contributed by atoms with E-state index in [0.29, 0.717) is 6.42 Å². The van der Waals surface area contributed by atoms with Crippen LogP contribution in [0.4, 0.5) is 11.4 Å². The zero-order chi connectivity index (χ0) is 13.0. The molecule has 1 amide bonds. The number of halogens is 1. The molecule has 0 aliphatic carbocycles. The van der Waals surface area contributed by atoms with Gasteiger partial charge >= 0.3 is 0 Å². The third-order valence-corrected chi connectivity index (χ3v) is 3.26. The summed E-state index contributed by atoms with van der Waals surface area (Å²) >= 11 is 2.94. The first-order valence-corrected chi connectivity index (χ1v) is 7.67. The molecule has 1 saturated heterocycles. The summed E-state index contributed by atoms with van der Waals surface area (Å²) in [6.07, 6.45) is 0.571. The number of hydrogen-bond donors (Lipinski definition) is 2. The van der Waals surface area contributed by atoms with Crippen LogP contribution in [0.25, 0.3) is 0 Å². The highest BCUT2D eigenvalue weighted by molar-refractivity contribution is 9.08. The van der Waals surface area contributed by atoms with Gasteiger partial charge in [-0.05, 0) is 18.0 Å². The number of rotatable bonds is 0. The lowest BCUT2D eigenvalue weighted by atomic mass is 10.1. The maximum atomic E-state index is 11.7. The Morgan fingerprint density at radius 1 is 1.33 bits per heavy atom. The maximum absolute atomic E-state index is 11.7. The van der Waals surface area contributed by atoms with Crippen molar-refractivity contribution in [1.29, 1.82) is 0 Å². The Kier molecular flexibility index (Phi) is 4.60. The molecular weight excluding hydrogens is 294 g/mol. The first-order chi connectivity index (χ1) is 8.84. The molecule has 2 heterocycles. The maximum Gasteiger partial charge on any atom is 0.226 e. The molecule has 2 aliphatic rings. The van der Waals surface area contributed by atoms with Crippen LogP contribution in [0.3, 0.4) is 0 Å². The standard InChI is InChI=1S/C12H15N3O.CH3Br/c16-12-7-9-8-13-5-6-15(9)11-4-2-1-3-10(11)14-12;1-2/h1-4,9,13H,5-8H2,(H,14,16);1H3. The van der Waals surface area contributed by atoms with Crippen molar-refractivity contribution >= 4 is 33.2 Å². The molecule has 0 saturated carbocycles. The Hall–Kier alpha value is -1.07. The lowest BCUT2D eigenvalue weighted by Crippen LogP contribution is -2.51. The van der Waals surface area contributed by atoms with Crippen LogP contribution in [-0.4, -0.2) is 37.4 Å². The molecule has 1 aromatic rings. The van der Waals surface area contributed by atoms with Crippen LogP contribution in [0.5, 0.6) is 0 Å². The molecule has 1 unspecified atom stereocenters. The van der Waals surface area contributed by atoms with Crippen LogP contribution >= 0.6 is 15.9 Å². The Morgan fingerprint density at radius 3 is 2.94 bits per heavy atom. The second kappa shape index (κ2) is 6.20. The van der Waals surface area contributed by atoms with Crippen LogP contribution in [0.15, 0.2) is 24.3 Å². The number of alkyl halides is 1. The highest BCUT2D eigenvalue weighted by atomic mass is 79.9. The molecule has 98 valence electrons. The van der Waals surface area contributed by atoms with Gasteiger partial charge in [-0.2, -0.15) is 0 Å². The van der Waals surface area contributed by atoms with Gasteiger partial charge in [-0.15, -0.1) is 0 Å². The van der Waals surface area contributed by atoms with Crippen LogP contribution in [0.1, 0.15) is 6.42 Å². The zero-order valence-corrected chi connectivity index (χ0v) is 12.0. The highest BCUT2D eigenvalue weighted by Crippen LogP contribution is 2.31. The van der Waals surface area contributed by atoms with Crippen molar-refractivity contribution in [2.24, 2.45) is 0 Å². The Bertz CT molecular complexity index is 424. The molecule has 18 heavy (non-hydrogen) atoms. The van der Waals surface area contributed by atoms with Crippen molar-refractivity contribution in [2.75, 3.05) is 35.7 Å². The number of benzene rings is 1. The quantitative estimate of drug-likeness (QED) is 0.718. The Labute approximate surface area is 116 Å². The molecule has 1 atom stereocenters. The van der Waals surface area contributed by atoms with Gasteiger partial charge in [0.25, 0.3) is 0 Å². The predicted octanol–water partition coefficient (Wildman–Crippen LogP) is 1.82. The minimum atomic E-state index is 0.114. The Morgan fingerprint density at radius 2 is 2.11 bits per heavy atom. The molecule has 1 aromatic carbocycles. The summed E-state index contributed by atoms with van der Waals surface area (Å²) in [4.78, 5) is 14.1. The van der Waals surface area contributed by atoms with E-state index in [-0.39, 0.29) is 11.9 Å². The van der Waals surface area contributed by atoms with Gasteiger partial charge in [-0.1, -0.05) is 28.1 Å². The van der Waals surface area contributed by atoms with E-state index in [4.69, 9.17) is 0 Å². The number of piperazine rings is 1. The van der Waals surface area contributed by atoms with Gasteiger partial charge in [-0.25, -0.2) is 0 Å². The second-order valence-electron chi connectivity index (χ2n) is 4.32. The first kappa shape index (κ1) is 13.4. The third kappa shape index (κ3) is 2.67. The van der Waals surface area contributed by atoms with Crippen molar-refractivity contribution < 1.29 is 4.79 Å². The lowest BCUT2D eigenvalue weighted by molar-refractivity contribution is -0.116. The first-order valence-electron chi connectivity index (χ1n) is 6.08. The molecule has 2 N–H and O–H groups in total. The third-order valence-electron chi connectivity index (χ3n) is 3.26. The number of nitrogens with one attached hydrogen (secondary N) is 2. The van der Waals surface area contributed by atoms with Gasteiger partial charge in [-0.3, -0.25) is 4.79 Å². The van der Waals surface area contributed by atoms with E-state index in [9.17, 15) is 4.79 Å². The fourth-order valence-corrected chi connectivity index (χ4v) is 2.51. The average Bonchev–Trinajstić information content (AvgIpc) is 2.56. The van der Waals surface area contributed by atoms with Gasteiger partial charge < -0.3 is 15.5 Å². The largest absolute Gasteiger partial charge is 0.364 e. The van der Waals surface area contributed by atoms with E-state index in [1.165, 1.54) is 0 Å². The second-order valence-corrected chi connectivity index (χ2v) is 4.32. The molecule has 3 rings (SSSR count). The number of carbonyl (C=O) groups excluding carboxylic acids is 1. The number of para-hydroxylation sites is 2. The van der Waals surface area contributed by atoms with Gasteiger partial charge in [0.05, 0.1) is 17.4 Å². The van der Waals surface area contributed by atoms with Crippen LogP contribution < -0.4 is 15.5 Å². The van der Waals surface area contributed by atoms with E-state index in [1.807, 2.05) is 24.0 Å². The van der Waals surface area contributed by atoms with E-state index in [0.717, 1.165) is 31.0 Å². The van der Waals surface area contributed by atoms with E-state index in [2.05, 4.69) is 37.5 Å². The molecule has 5 heteroatoms. The molecule has 2 aliphatic heterocycles. The minimum Gasteiger partial charge on any atom is -0.364 e. The Balaban J connectivity index is 0.000000574. The molecule has 0 radical (unpaired) electrons. The van der Waals surface area contributed by atoms with E-state index >= 15 is 0 Å². The van der Waals surface area contributed by atoms with Gasteiger partial charge in [0, 0.05) is 26.1 Å². The normalized spacial score (nSPS) is 21.8. The van der Waals surface area contributed by atoms with Crippen molar-refractivity contribution in [1.82, 2.24) is 5.32 Å². The number of anilines is 2. The van der Waals surface area contributed by atoms with Crippen molar-refractivity contribution in [2.45, 2.75) is 12.5 Å². The molecule has 1 fully saturated rings. The van der Waals surface area contributed by atoms with Crippen LogP contribution in [0, 0.1) is 0 Å². The van der Waals surface area contributed by atoms with Crippen LogP contribution in [0.2, 0.25) is 0 Å². The van der Waals surface area contributed by atoms with Gasteiger partial charge in [0.2, 0.25) is 5.91 Å². The van der Waals surface area contributed by atoms with Gasteiger partial charge in [0.1, 0.15) is 0 Å². The topological polar surface area (TPSA) is 44.4 Å². The summed E-state index contributed by atoms with van der Waals surface area (Å²) in [6, 6.07) is 8.32. The van der Waals surface area contributed by atoms with Crippen molar-refractivity contribution in [3.05, 3.63) is 24.3 Å². The van der Waals surface area contributed by atoms with Crippen LogP contribution in [-0.2, 0) is 4.79 Å². The summed E-state index contributed by atoms with van der Waals surface area (Å²) in [5, 5.41) is 6.31. The van der Waals surface area contributed by atoms with Gasteiger partial charge in [0.15, 0.2) is 0 Å². The number of amides is 1. The van der Waals surface area contributed by atoms with E-state index < -0.39 is 0 Å². The summed E-state index contributed by atoms with van der Waals surface area (Å²) in [7, 11) is 0. The number of nitrogens with zero attached hydrogens (tertiary/aromatic N) is 1. The molecular formula is C13H18BrN3O. The molecule has 4 nitrogen and oxygen atoms in total. The molecule has 0 bridgehead atoms. The average molecular weight is 312 g/mol. The number of fused-ring (bicyclic) bond motifs is 3. The summed E-state index contributed by atoms with van der Waals surface area (Å²) < 4.78 is 0. The zero-order valence-electron chi connectivity index (χ0n) is 10.4. The fraction of sp³-hybridized carbons (Fsp3) is 0.462. The highest BCUT2D eigenvalue weighted by Gasteiger charge is 2.29. The number of carbonyl (C=O) groups is 1. The number of hydrogen-bond acceptors (Lipinski definition) is 3. The van der Waals surface area contributed by atoms with Crippen molar-refractivity contribution in [3.8, 4) is 0 Å². The van der Waals surface area contributed by atoms with E-state index in [1.54, 1.807) is 0 Å².